The molecule has 0 radical (unpaired) electrons. The Morgan fingerprint density at radius 3 is 2.37 bits per heavy atom. The van der Waals surface area contributed by atoms with Gasteiger partial charge in [-0.2, -0.15) is 0 Å². The maximum atomic E-state index is 12.7. The number of hydrogen-bond acceptors (Lipinski definition) is 2. The molecule has 0 heterocycles. The second-order valence-corrected chi connectivity index (χ2v) is 5.52. The number of carbonyl (C=O) groups excluding carboxylic acids is 1. The third-order valence-electron chi connectivity index (χ3n) is 2.97. The summed E-state index contributed by atoms with van der Waals surface area (Å²) in [4.78, 5) is 14.6. The van der Waals surface area contributed by atoms with E-state index in [4.69, 9.17) is 0 Å². The molecule has 1 amide bonds. The Kier molecular flexibility index (Phi) is 5.87. The minimum Gasteiger partial charge on any atom is -0.385 e. The molecule has 0 aromatic heterocycles. The highest BCUT2D eigenvalue weighted by Gasteiger charge is 2.21. The molecule has 3 nitrogen and oxygen atoms in total. The molecule has 0 aliphatic carbocycles. The molecule has 1 rings (SSSR count). The summed E-state index contributed by atoms with van der Waals surface area (Å²) in [6.45, 7) is 12.0. The lowest BCUT2D eigenvalue weighted by molar-refractivity contribution is 0.0683. The van der Waals surface area contributed by atoms with Gasteiger partial charge in [0.05, 0.1) is 5.56 Å². The molecule has 0 aliphatic heterocycles. The van der Waals surface area contributed by atoms with Gasteiger partial charge in [0.25, 0.3) is 5.91 Å². The van der Waals surface area contributed by atoms with Crippen LogP contribution in [0.5, 0.6) is 0 Å². The summed E-state index contributed by atoms with van der Waals surface area (Å²) in [5.74, 6) is 0.581. The van der Waals surface area contributed by atoms with Gasteiger partial charge in [-0.25, -0.2) is 0 Å². The number of nitrogens with one attached hydrogen (secondary N) is 1. The number of hydrogen-bond donors (Lipinski definition) is 1. The number of carbonyl (C=O) groups is 1. The van der Waals surface area contributed by atoms with Crippen LogP contribution in [0.1, 0.15) is 45.0 Å². The summed E-state index contributed by atoms with van der Waals surface area (Å²) < 4.78 is 0. The number of amides is 1. The van der Waals surface area contributed by atoms with Crippen molar-refractivity contribution in [2.45, 2.75) is 40.7 Å². The summed E-state index contributed by atoms with van der Waals surface area (Å²) in [5, 5.41) is 3.26. The lowest BCUT2D eigenvalue weighted by atomic mass is 10.1. The minimum atomic E-state index is 0.111. The van der Waals surface area contributed by atoms with Crippen LogP contribution in [0.2, 0.25) is 0 Å². The molecule has 19 heavy (non-hydrogen) atoms. The Morgan fingerprint density at radius 2 is 1.84 bits per heavy atom. The summed E-state index contributed by atoms with van der Waals surface area (Å²) in [5.41, 5.74) is 1.68. The predicted octanol–water partition coefficient (Wildman–Crippen LogP) is 3.63. The Bertz CT molecular complexity index is 413. The molecule has 3 heteroatoms. The van der Waals surface area contributed by atoms with Crippen LogP contribution < -0.4 is 5.32 Å². The van der Waals surface area contributed by atoms with Gasteiger partial charge in [0.1, 0.15) is 0 Å². The molecule has 1 aromatic carbocycles. The Labute approximate surface area is 117 Å². The van der Waals surface area contributed by atoms with Crippen LogP contribution in [0.25, 0.3) is 0 Å². The van der Waals surface area contributed by atoms with Crippen LogP contribution in [0.15, 0.2) is 24.3 Å². The van der Waals surface area contributed by atoms with E-state index in [0.717, 1.165) is 24.3 Å². The van der Waals surface area contributed by atoms with Crippen molar-refractivity contribution in [1.29, 1.82) is 0 Å². The van der Waals surface area contributed by atoms with Crippen LogP contribution in [0, 0.1) is 5.92 Å². The normalized spacial score (nSPS) is 10.9. The molecule has 0 spiro atoms. The van der Waals surface area contributed by atoms with Gasteiger partial charge in [0, 0.05) is 24.8 Å². The van der Waals surface area contributed by atoms with Gasteiger partial charge in [-0.1, -0.05) is 26.0 Å². The average Bonchev–Trinajstić information content (AvgIpc) is 2.36. The molecule has 0 bridgehead atoms. The van der Waals surface area contributed by atoms with Crippen molar-refractivity contribution in [3.8, 4) is 0 Å². The molecule has 1 N–H and O–H groups in total. The Balaban J connectivity index is 3.02. The molecular formula is C16H26N2O. The lowest BCUT2D eigenvalue weighted by Crippen LogP contribution is -2.39. The van der Waals surface area contributed by atoms with E-state index < -0.39 is 0 Å². The first kappa shape index (κ1) is 15.5. The summed E-state index contributed by atoms with van der Waals surface area (Å²) in [6.07, 6.45) is 0. The van der Waals surface area contributed by atoms with Gasteiger partial charge in [-0.3, -0.25) is 4.79 Å². The summed E-state index contributed by atoms with van der Waals surface area (Å²) in [7, 11) is 0. The van der Waals surface area contributed by atoms with E-state index >= 15 is 0 Å². The molecular weight excluding hydrogens is 236 g/mol. The number of benzene rings is 1. The first-order chi connectivity index (χ1) is 8.97. The van der Waals surface area contributed by atoms with Crippen LogP contribution in [-0.4, -0.2) is 29.9 Å². The molecule has 0 atom stereocenters. The summed E-state index contributed by atoms with van der Waals surface area (Å²) in [6, 6.07) is 7.95. The molecule has 0 saturated carbocycles. The van der Waals surface area contributed by atoms with Crippen molar-refractivity contribution in [3.63, 3.8) is 0 Å². The van der Waals surface area contributed by atoms with Crippen molar-refractivity contribution < 1.29 is 4.79 Å². The average molecular weight is 262 g/mol. The zero-order chi connectivity index (χ0) is 14.4. The molecule has 0 fully saturated rings. The minimum absolute atomic E-state index is 0.111. The Morgan fingerprint density at radius 1 is 1.21 bits per heavy atom. The maximum Gasteiger partial charge on any atom is 0.256 e. The van der Waals surface area contributed by atoms with Crippen LogP contribution >= 0.6 is 0 Å². The monoisotopic (exact) mass is 262 g/mol. The van der Waals surface area contributed by atoms with Crippen LogP contribution in [-0.2, 0) is 0 Å². The number of nitrogens with zero attached hydrogens (tertiary/aromatic N) is 1. The third kappa shape index (κ3) is 4.27. The predicted molar refractivity (Wildman–Crippen MR) is 81.6 cm³/mol. The highest BCUT2D eigenvalue weighted by Crippen LogP contribution is 2.19. The zero-order valence-electron chi connectivity index (χ0n) is 12.7. The van der Waals surface area contributed by atoms with E-state index in [9.17, 15) is 4.79 Å². The molecule has 0 unspecified atom stereocenters. The highest BCUT2D eigenvalue weighted by molar-refractivity contribution is 5.99. The maximum absolute atomic E-state index is 12.7. The van der Waals surface area contributed by atoms with Crippen LogP contribution in [0.4, 0.5) is 5.69 Å². The molecule has 0 saturated heterocycles. The fourth-order valence-electron chi connectivity index (χ4n) is 2.09. The lowest BCUT2D eigenvalue weighted by Gasteiger charge is -2.29. The Hall–Kier alpha value is -1.51. The van der Waals surface area contributed by atoms with Gasteiger partial charge in [-0.15, -0.1) is 0 Å². The first-order valence-electron chi connectivity index (χ1n) is 7.11. The highest BCUT2D eigenvalue weighted by atomic mass is 16.2. The second kappa shape index (κ2) is 7.17. The van der Waals surface area contributed by atoms with E-state index in [-0.39, 0.29) is 11.9 Å². The van der Waals surface area contributed by atoms with Crippen LogP contribution in [0.3, 0.4) is 0 Å². The molecule has 0 aliphatic rings. The van der Waals surface area contributed by atoms with Gasteiger partial charge in [0.2, 0.25) is 0 Å². The van der Waals surface area contributed by atoms with E-state index in [2.05, 4.69) is 33.0 Å². The number of anilines is 1. The van der Waals surface area contributed by atoms with Crippen molar-refractivity contribution >= 4 is 11.6 Å². The fraction of sp³-hybridized carbons (Fsp3) is 0.562. The van der Waals surface area contributed by atoms with Gasteiger partial charge in [0.15, 0.2) is 0 Å². The van der Waals surface area contributed by atoms with E-state index in [1.807, 2.05) is 36.1 Å². The SMILES string of the molecule is CCNc1ccccc1C(=O)N(CC(C)C)C(C)C. The first-order valence-corrected chi connectivity index (χ1v) is 7.11. The smallest absolute Gasteiger partial charge is 0.256 e. The standard InChI is InChI=1S/C16H26N2O/c1-6-17-15-10-8-7-9-14(15)16(19)18(13(4)5)11-12(2)3/h7-10,12-13,17H,6,11H2,1-5H3. The fourth-order valence-corrected chi connectivity index (χ4v) is 2.09. The van der Waals surface area contributed by atoms with E-state index in [0.29, 0.717) is 5.92 Å². The van der Waals surface area contributed by atoms with Gasteiger partial charge >= 0.3 is 0 Å². The second-order valence-electron chi connectivity index (χ2n) is 5.52. The van der Waals surface area contributed by atoms with E-state index in [1.54, 1.807) is 0 Å². The topological polar surface area (TPSA) is 32.3 Å². The van der Waals surface area contributed by atoms with Crippen molar-refractivity contribution in [1.82, 2.24) is 4.90 Å². The van der Waals surface area contributed by atoms with Gasteiger partial charge in [-0.05, 0) is 38.8 Å². The quantitative estimate of drug-likeness (QED) is 0.849. The van der Waals surface area contributed by atoms with Crippen molar-refractivity contribution in [3.05, 3.63) is 29.8 Å². The largest absolute Gasteiger partial charge is 0.385 e. The van der Waals surface area contributed by atoms with Crippen molar-refractivity contribution in [2.24, 2.45) is 5.92 Å². The molecule has 1 aromatic rings. The van der Waals surface area contributed by atoms with Gasteiger partial charge < -0.3 is 10.2 Å². The number of para-hydroxylation sites is 1. The van der Waals surface area contributed by atoms with E-state index in [1.165, 1.54) is 0 Å². The third-order valence-corrected chi connectivity index (χ3v) is 2.97. The van der Waals surface area contributed by atoms with Crippen molar-refractivity contribution in [2.75, 3.05) is 18.4 Å². The number of rotatable bonds is 6. The zero-order valence-corrected chi connectivity index (χ0v) is 12.7. The molecule has 106 valence electrons. The summed E-state index contributed by atoms with van der Waals surface area (Å²) >= 11 is 0.